The normalized spacial score (nSPS) is 15.1. The summed E-state index contributed by atoms with van der Waals surface area (Å²) < 4.78 is 4.22. The molecule has 1 aliphatic rings. The van der Waals surface area contributed by atoms with Crippen LogP contribution in [0.25, 0.3) is 21.4 Å². The Morgan fingerprint density at radius 1 is 1.04 bits per heavy atom. The van der Waals surface area contributed by atoms with Gasteiger partial charge in [0.2, 0.25) is 5.95 Å². The van der Waals surface area contributed by atoms with Gasteiger partial charge in [0.15, 0.2) is 11.2 Å². The Labute approximate surface area is 162 Å². The molecule has 0 amide bonds. The third-order valence-electron chi connectivity index (χ3n) is 5.20. The van der Waals surface area contributed by atoms with Gasteiger partial charge in [0.1, 0.15) is 12.1 Å². The van der Waals surface area contributed by atoms with Gasteiger partial charge in [-0.15, -0.1) is 11.3 Å². The molecular weight excluding hydrogens is 380 g/mol. The summed E-state index contributed by atoms with van der Waals surface area (Å²) >= 11 is 1.65. The van der Waals surface area contributed by atoms with Crippen LogP contribution in [0, 0.1) is 0 Å². The molecule has 4 aromatic rings. The first-order valence-electron chi connectivity index (χ1n) is 8.88. The minimum atomic E-state index is -0.462. The smallest absolute Gasteiger partial charge is 0.329 e. The third-order valence-corrected chi connectivity index (χ3v) is 6.10. The van der Waals surface area contributed by atoms with E-state index in [1.807, 2.05) is 11.4 Å². The summed E-state index contributed by atoms with van der Waals surface area (Å²) in [6.45, 7) is 3.03. The van der Waals surface area contributed by atoms with Crippen LogP contribution < -0.4 is 21.0 Å². The lowest BCUT2D eigenvalue weighted by atomic mass is 10.3. The van der Waals surface area contributed by atoms with Crippen LogP contribution in [0.15, 0.2) is 27.4 Å². The first-order chi connectivity index (χ1) is 13.5. The van der Waals surface area contributed by atoms with E-state index in [1.165, 1.54) is 4.57 Å². The van der Waals surface area contributed by atoms with E-state index in [4.69, 9.17) is 0 Å². The number of anilines is 2. The lowest BCUT2D eigenvalue weighted by Gasteiger charge is -2.35. The topological polar surface area (TPSA) is 105 Å². The maximum Gasteiger partial charge on any atom is 0.329 e. The SMILES string of the molecule is Cn1c(N2CCN(c3ncnc4ccsc34)CC2)nc2c1c(=O)[nH]c(=O)n2C. The molecule has 10 nitrogen and oxygen atoms in total. The predicted octanol–water partition coefficient (Wildman–Crippen LogP) is 0.292. The molecule has 0 aromatic carbocycles. The Balaban J connectivity index is 1.46. The molecule has 0 saturated carbocycles. The number of fused-ring (bicyclic) bond motifs is 2. The number of nitrogens with zero attached hydrogens (tertiary/aromatic N) is 7. The van der Waals surface area contributed by atoms with Crippen molar-refractivity contribution in [2.75, 3.05) is 36.0 Å². The molecule has 1 fully saturated rings. The lowest BCUT2D eigenvalue weighted by molar-refractivity contribution is 0.628. The van der Waals surface area contributed by atoms with Gasteiger partial charge in [0.25, 0.3) is 5.56 Å². The number of aromatic amines is 1. The highest BCUT2D eigenvalue weighted by molar-refractivity contribution is 7.17. The Morgan fingerprint density at radius 3 is 2.57 bits per heavy atom. The molecule has 0 atom stereocenters. The fourth-order valence-corrected chi connectivity index (χ4v) is 4.56. The van der Waals surface area contributed by atoms with Crippen LogP contribution >= 0.6 is 11.3 Å². The highest BCUT2D eigenvalue weighted by atomic mass is 32.1. The molecule has 144 valence electrons. The second kappa shape index (κ2) is 6.16. The Kier molecular flexibility index (Phi) is 3.72. The van der Waals surface area contributed by atoms with Crippen LogP contribution in [0.1, 0.15) is 0 Å². The zero-order valence-electron chi connectivity index (χ0n) is 15.4. The van der Waals surface area contributed by atoms with Crippen molar-refractivity contribution in [3.63, 3.8) is 0 Å². The summed E-state index contributed by atoms with van der Waals surface area (Å²) in [7, 11) is 3.41. The molecule has 0 radical (unpaired) electrons. The Bertz CT molecular complexity index is 1310. The lowest BCUT2D eigenvalue weighted by Crippen LogP contribution is -2.47. The number of imidazole rings is 1. The Morgan fingerprint density at radius 2 is 1.79 bits per heavy atom. The summed E-state index contributed by atoms with van der Waals surface area (Å²) in [4.78, 5) is 44.2. The maximum atomic E-state index is 12.2. The highest BCUT2D eigenvalue weighted by Gasteiger charge is 2.25. The van der Waals surface area contributed by atoms with Gasteiger partial charge >= 0.3 is 5.69 Å². The Hall–Kier alpha value is -3.21. The van der Waals surface area contributed by atoms with E-state index in [2.05, 4.69) is 29.7 Å². The number of hydrogen-bond acceptors (Lipinski definition) is 8. The van der Waals surface area contributed by atoms with Crippen LogP contribution in [0.4, 0.5) is 11.8 Å². The van der Waals surface area contributed by atoms with E-state index in [0.717, 1.165) is 42.2 Å². The quantitative estimate of drug-likeness (QED) is 0.517. The average Bonchev–Trinajstić information content (AvgIpc) is 3.31. The van der Waals surface area contributed by atoms with Gasteiger partial charge in [0.05, 0.1) is 10.2 Å². The van der Waals surface area contributed by atoms with Crippen molar-refractivity contribution in [2.24, 2.45) is 14.1 Å². The molecule has 0 spiro atoms. The summed E-state index contributed by atoms with van der Waals surface area (Å²) in [5, 5.41) is 2.03. The number of aromatic nitrogens is 6. The van der Waals surface area contributed by atoms with Crippen molar-refractivity contribution in [3.05, 3.63) is 38.6 Å². The van der Waals surface area contributed by atoms with E-state index in [0.29, 0.717) is 17.1 Å². The van der Waals surface area contributed by atoms with Gasteiger partial charge in [-0.25, -0.2) is 14.8 Å². The zero-order valence-corrected chi connectivity index (χ0v) is 16.2. The van der Waals surface area contributed by atoms with Crippen LogP contribution in [0.5, 0.6) is 0 Å². The molecule has 4 aromatic heterocycles. The number of thiophene rings is 1. The molecule has 1 saturated heterocycles. The molecule has 5 rings (SSSR count). The number of nitrogens with one attached hydrogen (secondary N) is 1. The second-order valence-electron chi connectivity index (χ2n) is 6.77. The van der Waals surface area contributed by atoms with Crippen LogP contribution in [0.2, 0.25) is 0 Å². The summed E-state index contributed by atoms with van der Waals surface area (Å²) in [6, 6.07) is 2.00. The van der Waals surface area contributed by atoms with E-state index in [9.17, 15) is 9.59 Å². The van der Waals surface area contributed by atoms with Crippen LogP contribution in [0.3, 0.4) is 0 Å². The first kappa shape index (κ1) is 16.9. The fourth-order valence-electron chi connectivity index (χ4n) is 3.70. The number of hydrogen-bond donors (Lipinski definition) is 1. The molecule has 11 heteroatoms. The summed E-state index contributed by atoms with van der Waals surface area (Å²) in [5.41, 5.74) is 0.878. The molecule has 0 aliphatic carbocycles. The minimum absolute atomic E-state index is 0.393. The van der Waals surface area contributed by atoms with Gasteiger partial charge in [-0.05, 0) is 11.4 Å². The van der Waals surface area contributed by atoms with Crippen molar-refractivity contribution in [1.82, 2.24) is 29.1 Å². The standard InChI is InChI=1S/C17H18N8O2S/c1-22-11-13(23(2)17(27)21-15(11)26)20-16(22)25-6-4-24(5-7-25)14-12-10(3-8-28-12)18-9-19-14/h3,8-9H,4-7H2,1-2H3,(H,21,26,27). The van der Waals surface area contributed by atoms with Crippen molar-refractivity contribution in [2.45, 2.75) is 0 Å². The van der Waals surface area contributed by atoms with Gasteiger partial charge in [-0.1, -0.05) is 0 Å². The molecule has 1 aliphatic heterocycles. The molecule has 0 unspecified atom stereocenters. The summed E-state index contributed by atoms with van der Waals surface area (Å²) in [5.74, 6) is 1.65. The van der Waals surface area contributed by atoms with Crippen molar-refractivity contribution in [1.29, 1.82) is 0 Å². The number of aryl methyl sites for hydroxylation is 2. The van der Waals surface area contributed by atoms with Gasteiger partial charge in [0, 0.05) is 40.3 Å². The minimum Gasteiger partial charge on any atom is -0.352 e. The molecule has 1 N–H and O–H groups in total. The maximum absolute atomic E-state index is 12.2. The number of H-pyrrole nitrogens is 1. The van der Waals surface area contributed by atoms with Crippen molar-refractivity contribution < 1.29 is 0 Å². The van der Waals surface area contributed by atoms with Crippen LogP contribution in [-0.2, 0) is 14.1 Å². The number of piperazine rings is 1. The monoisotopic (exact) mass is 398 g/mol. The van der Waals surface area contributed by atoms with Gasteiger partial charge < -0.3 is 14.4 Å². The fraction of sp³-hybridized carbons (Fsp3) is 0.353. The second-order valence-corrected chi connectivity index (χ2v) is 7.68. The number of rotatable bonds is 2. The molecular formula is C17H18N8O2S. The van der Waals surface area contributed by atoms with E-state index < -0.39 is 11.2 Å². The highest BCUT2D eigenvalue weighted by Crippen LogP contribution is 2.29. The van der Waals surface area contributed by atoms with Gasteiger partial charge in [-0.3, -0.25) is 14.3 Å². The molecule has 0 bridgehead atoms. The summed E-state index contributed by atoms with van der Waals surface area (Å²) in [6.07, 6.45) is 1.61. The largest absolute Gasteiger partial charge is 0.352 e. The van der Waals surface area contributed by atoms with E-state index in [-0.39, 0.29) is 0 Å². The van der Waals surface area contributed by atoms with E-state index in [1.54, 1.807) is 36.3 Å². The first-order valence-corrected chi connectivity index (χ1v) is 9.76. The van der Waals surface area contributed by atoms with Crippen LogP contribution in [-0.4, -0.2) is 55.2 Å². The van der Waals surface area contributed by atoms with Gasteiger partial charge in [-0.2, -0.15) is 4.98 Å². The van der Waals surface area contributed by atoms with Crippen molar-refractivity contribution in [3.8, 4) is 0 Å². The zero-order chi connectivity index (χ0) is 19.4. The average molecular weight is 398 g/mol. The van der Waals surface area contributed by atoms with E-state index >= 15 is 0 Å². The predicted molar refractivity (Wildman–Crippen MR) is 108 cm³/mol. The molecule has 28 heavy (non-hydrogen) atoms. The van der Waals surface area contributed by atoms with Crippen molar-refractivity contribution >= 4 is 44.5 Å². The molecule has 5 heterocycles. The third kappa shape index (κ3) is 2.43.